The zero-order valence-corrected chi connectivity index (χ0v) is 18.1. The molecule has 5 rings (SSSR count). The molecule has 0 amide bonds. The highest BCUT2D eigenvalue weighted by molar-refractivity contribution is 7.99. The fourth-order valence-corrected chi connectivity index (χ4v) is 5.33. The van der Waals surface area contributed by atoms with Crippen molar-refractivity contribution in [1.82, 2.24) is 24.9 Å². The molecule has 0 saturated carbocycles. The number of rotatable bonds is 7. The van der Waals surface area contributed by atoms with Gasteiger partial charge in [0, 0.05) is 6.61 Å². The van der Waals surface area contributed by atoms with Crippen molar-refractivity contribution in [2.75, 3.05) is 6.61 Å². The maximum atomic E-state index is 5.91. The number of nitrogens with zero attached hydrogens (tertiary/aromatic N) is 5. The van der Waals surface area contributed by atoms with Crippen LogP contribution < -0.4 is 0 Å². The Hall–Kier alpha value is -2.49. The third kappa shape index (κ3) is 4.05. The third-order valence-electron chi connectivity index (χ3n) is 4.96. The molecule has 0 N–H and O–H groups in total. The fourth-order valence-electron chi connectivity index (χ4n) is 3.53. The van der Waals surface area contributed by atoms with Crippen LogP contribution in [0.2, 0.25) is 0 Å². The second kappa shape index (κ2) is 8.71. The average Bonchev–Trinajstić information content (AvgIpc) is 3.56. The molecule has 1 aliphatic rings. The Bertz CT molecular complexity index is 1090. The Labute approximate surface area is 182 Å². The molecule has 0 radical (unpaired) electrons. The molecule has 7 nitrogen and oxygen atoms in total. The highest BCUT2D eigenvalue weighted by Gasteiger charge is 2.28. The van der Waals surface area contributed by atoms with Gasteiger partial charge in [0.25, 0.3) is 0 Å². The Morgan fingerprint density at radius 2 is 2.10 bits per heavy atom. The number of hydrogen-bond acceptors (Lipinski definition) is 8. The molecule has 30 heavy (non-hydrogen) atoms. The molecular formula is C21H21N5O2S2. The molecule has 1 aromatic carbocycles. The van der Waals surface area contributed by atoms with Crippen LogP contribution in [-0.2, 0) is 11.3 Å². The minimum Gasteiger partial charge on any atom is -0.376 e. The predicted molar refractivity (Wildman–Crippen MR) is 115 cm³/mol. The molecule has 9 heteroatoms. The number of aryl methyl sites for hydroxylation is 1. The van der Waals surface area contributed by atoms with Gasteiger partial charge < -0.3 is 9.26 Å². The first-order chi connectivity index (χ1) is 14.8. The van der Waals surface area contributed by atoms with E-state index in [2.05, 4.69) is 48.5 Å². The van der Waals surface area contributed by atoms with E-state index in [4.69, 9.17) is 9.26 Å². The zero-order valence-electron chi connectivity index (χ0n) is 16.5. The number of hydrogen-bond donors (Lipinski definition) is 0. The Morgan fingerprint density at radius 1 is 1.20 bits per heavy atom. The Kier molecular flexibility index (Phi) is 5.65. The van der Waals surface area contributed by atoms with Crippen LogP contribution in [0.15, 0.2) is 57.5 Å². The summed E-state index contributed by atoms with van der Waals surface area (Å²) in [5.74, 6) is 2.05. The van der Waals surface area contributed by atoms with Crippen molar-refractivity contribution in [1.29, 1.82) is 0 Å². The van der Waals surface area contributed by atoms with Gasteiger partial charge in [0.05, 0.1) is 17.5 Å². The maximum absolute atomic E-state index is 5.91. The van der Waals surface area contributed by atoms with Gasteiger partial charge in [-0.3, -0.25) is 4.57 Å². The zero-order chi connectivity index (χ0) is 20.3. The topological polar surface area (TPSA) is 78.9 Å². The van der Waals surface area contributed by atoms with Crippen molar-refractivity contribution in [3.05, 3.63) is 65.1 Å². The summed E-state index contributed by atoms with van der Waals surface area (Å²) < 4.78 is 13.6. The molecule has 2 unspecified atom stereocenters. The van der Waals surface area contributed by atoms with Gasteiger partial charge in [0.2, 0.25) is 5.89 Å². The van der Waals surface area contributed by atoms with Crippen LogP contribution in [-0.4, -0.2) is 37.6 Å². The molecule has 154 valence electrons. The standard InChI is InChI=1S/C21H21N5O2S2/c1-14-22-20(28-25-14)18(15-7-3-2-4-8-15)30-21-24-23-19(17-10-6-12-29-17)26(21)13-16-9-5-11-27-16/h2-4,6-8,10,12,16,18H,5,9,11,13H2,1H3. The molecule has 0 aliphatic carbocycles. The summed E-state index contributed by atoms with van der Waals surface area (Å²) in [6.45, 7) is 3.37. The normalized spacial score (nSPS) is 17.4. The van der Waals surface area contributed by atoms with Crippen molar-refractivity contribution >= 4 is 23.1 Å². The molecule has 1 fully saturated rings. The van der Waals surface area contributed by atoms with Gasteiger partial charge in [-0.2, -0.15) is 4.98 Å². The molecule has 2 atom stereocenters. The number of thiophene rings is 1. The smallest absolute Gasteiger partial charge is 0.244 e. The van der Waals surface area contributed by atoms with E-state index in [-0.39, 0.29) is 11.4 Å². The van der Waals surface area contributed by atoms with Gasteiger partial charge in [-0.1, -0.05) is 53.3 Å². The second-order valence-corrected chi connectivity index (χ2v) is 9.14. The van der Waals surface area contributed by atoms with E-state index in [9.17, 15) is 0 Å². The summed E-state index contributed by atoms with van der Waals surface area (Å²) in [5, 5.41) is 15.8. The SMILES string of the molecule is Cc1noc(C(Sc2nnc(-c3cccs3)n2CC2CCCO2)c2ccccc2)n1. The van der Waals surface area contributed by atoms with Crippen molar-refractivity contribution in [3.63, 3.8) is 0 Å². The first-order valence-corrected chi connectivity index (χ1v) is 11.6. The lowest BCUT2D eigenvalue weighted by atomic mass is 10.1. The van der Waals surface area contributed by atoms with Crippen LogP contribution in [0.25, 0.3) is 10.7 Å². The van der Waals surface area contributed by atoms with Crippen molar-refractivity contribution in [3.8, 4) is 10.7 Å². The largest absolute Gasteiger partial charge is 0.376 e. The summed E-state index contributed by atoms with van der Waals surface area (Å²) >= 11 is 3.24. The summed E-state index contributed by atoms with van der Waals surface area (Å²) in [6, 6.07) is 14.3. The number of ether oxygens (including phenoxy) is 1. The monoisotopic (exact) mass is 439 g/mol. The van der Waals surface area contributed by atoms with E-state index in [1.165, 1.54) is 0 Å². The van der Waals surface area contributed by atoms with E-state index in [0.29, 0.717) is 11.7 Å². The maximum Gasteiger partial charge on any atom is 0.244 e. The lowest BCUT2D eigenvalue weighted by Crippen LogP contribution is -2.17. The van der Waals surface area contributed by atoms with E-state index in [1.807, 2.05) is 31.2 Å². The number of benzene rings is 1. The van der Waals surface area contributed by atoms with Crippen molar-refractivity contribution in [2.45, 2.75) is 42.8 Å². The molecule has 0 bridgehead atoms. The van der Waals surface area contributed by atoms with Crippen molar-refractivity contribution in [2.24, 2.45) is 0 Å². The van der Waals surface area contributed by atoms with Crippen LogP contribution in [0.1, 0.15) is 35.4 Å². The lowest BCUT2D eigenvalue weighted by Gasteiger charge is -2.17. The summed E-state index contributed by atoms with van der Waals surface area (Å²) in [4.78, 5) is 5.59. The predicted octanol–water partition coefficient (Wildman–Crippen LogP) is 4.76. The minimum atomic E-state index is -0.170. The fraction of sp³-hybridized carbons (Fsp3) is 0.333. The van der Waals surface area contributed by atoms with E-state index < -0.39 is 0 Å². The minimum absolute atomic E-state index is 0.170. The summed E-state index contributed by atoms with van der Waals surface area (Å²) in [6.07, 6.45) is 2.33. The van der Waals surface area contributed by atoms with Gasteiger partial charge >= 0.3 is 0 Å². The number of aromatic nitrogens is 5. The van der Waals surface area contributed by atoms with Gasteiger partial charge in [-0.05, 0) is 36.8 Å². The third-order valence-corrected chi connectivity index (χ3v) is 7.05. The molecule has 4 heterocycles. The second-order valence-electron chi connectivity index (χ2n) is 7.12. The molecule has 3 aromatic heterocycles. The van der Waals surface area contributed by atoms with Crippen LogP contribution in [0, 0.1) is 6.92 Å². The van der Waals surface area contributed by atoms with Crippen LogP contribution in [0.3, 0.4) is 0 Å². The Balaban J connectivity index is 1.53. The van der Waals surface area contributed by atoms with Crippen molar-refractivity contribution < 1.29 is 9.26 Å². The highest BCUT2D eigenvalue weighted by Crippen LogP contribution is 2.40. The van der Waals surface area contributed by atoms with Crippen LogP contribution >= 0.6 is 23.1 Å². The summed E-state index contributed by atoms with van der Waals surface area (Å²) in [5.41, 5.74) is 1.08. The van der Waals surface area contributed by atoms with E-state index in [0.717, 1.165) is 47.4 Å². The summed E-state index contributed by atoms with van der Waals surface area (Å²) in [7, 11) is 0. The van der Waals surface area contributed by atoms with E-state index in [1.54, 1.807) is 23.1 Å². The first kappa shape index (κ1) is 19.5. The average molecular weight is 440 g/mol. The van der Waals surface area contributed by atoms with Gasteiger partial charge in [0.1, 0.15) is 5.25 Å². The molecule has 4 aromatic rings. The first-order valence-electron chi connectivity index (χ1n) is 9.88. The van der Waals surface area contributed by atoms with E-state index >= 15 is 0 Å². The van der Waals surface area contributed by atoms with Gasteiger partial charge in [0.15, 0.2) is 16.8 Å². The van der Waals surface area contributed by atoms with Crippen LogP contribution in [0.5, 0.6) is 0 Å². The van der Waals surface area contributed by atoms with Gasteiger partial charge in [-0.15, -0.1) is 21.5 Å². The molecular weight excluding hydrogens is 418 g/mol. The number of thioether (sulfide) groups is 1. The van der Waals surface area contributed by atoms with Crippen LogP contribution in [0.4, 0.5) is 0 Å². The lowest BCUT2D eigenvalue weighted by molar-refractivity contribution is 0.0953. The molecule has 1 aliphatic heterocycles. The van der Waals surface area contributed by atoms with Gasteiger partial charge in [-0.25, -0.2) is 0 Å². The Morgan fingerprint density at radius 3 is 2.80 bits per heavy atom. The molecule has 0 spiro atoms. The molecule has 1 saturated heterocycles. The quantitative estimate of drug-likeness (QED) is 0.384. The highest BCUT2D eigenvalue weighted by atomic mass is 32.2.